The molecule has 0 bridgehead atoms. The number of benzene rings is 1. The molecule has 5 heteroatoms. The Morgan fingerprint density at radius 3 is 3.07 bits per heavy atom. The molecule has 0 saturated heterocycles. The first-order valence-corrected chi connectivity index (χ1v) is 4.22. The molecule has 0 saturated carbocycles. The van der Waals surface area contributed by atoms with Crippen molar-refractivity contribution in [2.45, 2.75) is 6.61 Å². The van der Waals surface area contributed by atoms with E-state index in [-0.39, 0.29) is 0 Å². The highest BCUT2D eigenvalue weighted by Crippen LogP contribution is 2.15. The molecule has 0 aliphatic rings. The Morgan fingerprint density at radius 1 is 1.43 bits per heavy atom. The number of nitrogens with zero attached hydrogens (tertiary/aromatic N) is 3. The minimum Gasteiger partial charge on any atom is -0.380 e. The van der Waals surface area contributed by atoms with Gasteiger partial charge in [0.25, 0.3) is 0 Å². The molecule has 0 radical (unpaired) electrons. The van der Waals surface area contributed by atoms with Crippen molar-refractivity contribution in [2.75, 3.05) is 7.11 Å². The summed E-state index contributed by atoms with van der Waals surface area (Å²) in [5, 5.41) is 13.7. The van der Waals surface area contributed by atoms with E-state index in [0.29, 0.717) is 12.4 Å². The number of ether oxygens (including phenoxy) is 1. The molecular formula is C9H10N4O. The molecule has 2 rings (SSSR count). The Kier molecular flexibility index (Phi) is 2.51. The standard InChI is InChI=1S/C9H10N4O/c1-14-6-7-3-2-4-8(5-7)9-10-12-13-11-9/h2-5H,6H2,1H3,(H,10,11,12,13). The van der Waals surface area contributed by atoms with Crippen LogP contribution in [0.15, 0.2) is 24.3 Å². The largest absolute Gasteiger partial charge is 0.380 e. The summed E-state index contributed by atoms with van der Waals surface area (Å²) in [6.45, 7) is 0.589. The maximum atomic E-state index is 5.04. The van der Waals surface area contributed by atoms with Crippen LogP contribution in [-0.2, 0) is 11.3 Å². The number of aromatic nitrogens is 4. The second kappa shape index (κ2) is 3.97. The Morgan fingerprint density at radius 2 is 2.36 bits per heavy atom. The summed E-state index contributed by atoms with van der Waals surface area (Å²) in [4.78, 5) is 0. The van der Waals surface area contributed by atoms with Gasteiger partial charge in [-0.05, 0) is 16.8 Å². The molecule has 72 valence electrons. The van der Waals surface area contributed by atoms with Gasteiger partial charge in [-0.2, -0.15) is 5.21 Å². The predicted molar refractivity (Wildman–Crippen MR) is 50.3 cm³/mol. The van der Waals surface area contributed by atoms with Crippen molar-refractivity contribution >= 4 is 0 Å². The number of H-pyrrole nitrogens is 1. The number of hydrogen-bond donors (Lipinski definition) is 1. The van der Waals surface area contributed by atoms with Crippen LogP contribution in [0.5, 0.6) is 0 Å². The first kappa shape index (κ1) is 8.83. The van der Waals surface area contributed by atoms with E-state index in [1.807, 2.05) is 24.3 Å². The van der Waals surface area contributed by atoms with Crippen molar-refractivity contribution in [2.24, 2.45) is 0 Å². The average Bonchev–Trinajstić information content (AvgIpc) is 2.71. The first-order chi connectivity index (χ1) is 6.90. The normalized spacial score (nSPS) is 10.4. The SMILES string of the molecule is COCc1cccc(-c2nn[nH]n2)c1. The minimum absolute atomic E-state index is 0.589. The van der Waals surface area contributed by atoms with Gasteiger partial charge >= 0.3 is 0 Å². The van der Waals surface area contributed by atoms with E-state index in [2.05, 4.69) is 20.6 Å². The van der Waals surface area contributed by atoms with Gasteiger partial charge in [0.2, 0.25) is 5.82 Å². The van der Waals surface area contributed by atoms with E-state index >= 15 is 0 Å². The topological polar surface area (TPSA) is 63.7 Å². The highest BCUT2D eigenvalue weighted by molar-refractivity contribution is 5.54. The van der Waals surface area contributed by atoms with Crippen molar-refractivity contribution < 1.29 is 4.74 Å². The van der Waals surface area contributed by atoms with Crippen LogP contribution in [0, 0.1) is 0 Å². The van der Waals surface area contributed by atoms with E-state index in [1.165, 1.54) is 0 Å². The van der Waals surface area contributed by atoms with Crippen LogP contribution in [0.3, 0.4) is 0 Å². The third-order valence-corrected chi connectivity index (χ3v) is 1.84. The number of nitrogens with one attached hydrogen (secondary N) is 1. The van der Waals surface area contributed by atoms with Gasteiger partial charge < -0.3 is 4.74 Å². The Bertz CT molecular complexity index is 399. The van der Waals surface area contributed by atoms with E-state index in [0.717, 1.165) is 11.1 Å². The van der Waals surface area contributed by atoms with Crippen LogP contribution in [0.25, 0.3) is 11.4 Å². The van der Waals surface area contributed by atoms with Crippen LogP contribution in [-0.4, -0.2) is 27.7 Å². The molecule has 1 aromatic heterocycles. The van der Waals surface area contributed by atoms with Crippen molar-refractivity contribution in [3.8, 4) is 11.4 Å². The maximum absolute atomic E-state index is 5.04. The monoisotopic (exact) mass is 190 g/mol. The Balaban J connectivity index is 2.31. The zero-order valence-corrected chi connectivity index (χ0v) is 7.77. The molecule has 0 unspecified atom stereocenters. The molecule has 2 aromatic rings. The van der Waals surface area contributed by atoms with Crippen molar-refractivity contribution in [3.05, 3.63) is 29.8 Å². The van der Waals surface area contributed by atoms with E-state index < -0.39 is 0 Å². The minimum atomic E-state index is 0.589. The summed E-state index contributed by atoms with van der Waals surface area (Å²) in [5.74, 6) is 0.600. The number of rotatable bonds is 3. The summed E-state index contributed by atoms with van der Waals surface area (Å²) >= 11 is 0. The van der Waals surface area contributed by atoms with Gasteiger partial charge in [0.1, 0.15) is 0 Å². The maximum Gasteiger partial charge on any atom is 0.204 e. The smallest absolute Gasteiger partial charge is 0.204 e. The predicted octanol–water partition coefficient (Wildman–Crippen LogP) is 1.01. The molecule has 0 atom stereocenters. The molecule has 1 heterocycles. The first-order valence-electron chi connectivity index (χ1n) is 4.22. The average molecular weight is 190 g/mol. The van der Waals surface area contributed by atoms with Gasteiger partial charge in [-0.15, -0.1) is 10.2 Å². The van der Waals surface area contributed by atoms with Crippen LogP contribution in [0.2, 0.25) is 0 Å². The molecule has 0 aliphatic heterocycles. The van der Waals surface area contributed by atoms with Crippen LogP contribution < -0.4 is 0 Å². The second-order valence-corrected chi connectivity index (χ2v) is 2.87. The fraction of sp³-hybridized carbons (Fsp3) is 0.222. The molecule has 0 spiro atoms. The van der Waals surface area contributed by atoms with E-state index in [4.69, 9.17) is 4.74 Å². The Hall–Kier alpha value is -1.75. The van der Waals surface area contributed by atoms with E-state index in [1.54, 1.807) is 7.11 Å². The summed E-state index contributed by atoms with van der Waals surface area (Å²) in [5.41, 5.74) is 2.03. The second-order valence-electron chi connectivity index (χ2n) is 2.87. The molecule has 14 heavy (non-hydrogen) atoms. The number of methoxy groups -OCH3 is 1. The summed E-state index contributed by atoms with van der Waals surface area (Å²) < 4.78 is 5.04. The summed E-state index contributed by atoms with van der Waals surface area (Å²) in [6, 6.07) is 7.85. The van der Waals surface area contributed by atoms with E-state index in [9.17, 15) is 0 Å². The van der Waals surface area contributed by atoms with Gasteiger partial charge in [-0.3, -0.25) is 0 Å². The van der Waals surface area contributed by atoms with Gasteiger partial charge in [0.15, 0.2) is 0 Å². The summed E-state index contributed by atoms with van der Waals surface area (Å²) in [6.07, 6.45) is 0. The molecular weight excluding hydrogens is 180 g/mol. The van der Waals surface area contributed by atoms with Gasteiger partial charge in [-0.1, -0.05) is 18.2 Å². The quantitative estimate of drug-likeness (QED) is 0.784. The summed E-state index contributed by atoms with van der Waals surface area (Å²) in [7, 11) is 1.67. The number of tetrazole rings is 1. The molecule has 5 nitrogen and oxygen atoms in total. The van der Waals surface area contributed by atoms with Gasteiger partial charge in [0, 0.05) is 12.7 Å². The van der Waals surface area contributed by atoms with Crippen molar-refractivity contribution in [1.82, 2.24) is 20.6 Å². The molecule has 1 aromatic carbocycles. The molecule has 1 N–H and O–H groups in total. The fourth-order valence-corrected chi connectivity index (χ4v) is 1.25. The van der Waals surface area contributed by atoms with Crippen LogP contribution in [0.4, 0.5) is 0 Å². The third-order valence-electron chi connectivity index (χ3n) is 1.84. The Labute approximate surface area is 81.1 Å². The van der Waals surface area contributed by atoms with Crippen molar-refractivity contribution in [1.29, 1.82) is 0 Å². The molecule has 0 amide bonds. The molecule has 0 aliphatic carbocycles. The highest BCUT2D eigenvalue weighted by atomic mass is 16.5. The molecule has 0 fully saturated rings. The van der Waals surface area contributed by atoms with Gasteiger partial charge in [0.05, 0.1) is 6.61 Å². The number of aromatic amines is 1. The lowest BCUT2D eigenvalue weighted by Gasteiger charge is -2.00. The highest BCUT2D eigenvalue weighted by Gasteiger charge is 2.02. The lowest BCUT2D eigenvalue weighted by molar-refractivity contribution is 0.185. The zero-order chi connectivity index (χ0) is 9.80. The van der Waals surface area contributed by atoms with Crippen molar-refractivity contribution in [3.63, 3.8) is 0 Å². The third kappa shape index (κ3) is 1.77. The van der Waals surface area contributed by atoms with Gasteiger partial charge in [-0.25, -0.2) is 0 Å². The zero-order valence-electron chi connectivity index (χ0n) is 7.77. The van der Waals surface area contributed by atoms with Crippen LogP contribution >= 0.6 is 0 Å². The van der Waals surface area contributed by atoms with Crippen LogP contribution in [0.1, 0.15) is 5.56 Å². The number of hydrogen-bond acceptors (Lipinski definition) is 4. The lowest BCUT2D eigenvalue weighted by atomic mass is 10.1. The lowest BCUT2D eigenvalue weighted by Crippen LogP contribution is -1.88. The fourth-order valence-electron chi connectivity index (χ4n) is 1.25.